The first kappa shape index (κ1) is 14.6. The number of pyridine rings is 1. The minimum absolute atomic E-state index is 0.109. The van der Waals surface area contributed by atoms with Crippen LogP contribution in [0.3, 0.4) is 0 Å². The molecule has 2 aromatic heterocycles. The highest BCUT2D eigenvalue weighted by Gasteiger charge is 2.11. The van der Waals surface area contributed by atoms with Crippen LogP contribution in [0.4, 0.5) is 14.5 Å². The van der Waals surface area contributed by atoms with E-state index in [0.29, 0.717) is 6.42 Å². The number of imidazole rings is 1. The number of fused-ring (bicyclic) bond motifs is 1. The molecule has 3 aromatic rings. The van der Waals surface area contributed by atoms with Crippen molar-refractivity contribution >= 4 is 16.9 Å². The van der Waals surface area contributed by atoms with Crippen molar-refractivity contribution in [3.63, 3.8) is 0 Å². The van der Waals surface area contributed by atoms with E-state index in [1.165, 1.54) is 6.07 Å². The van der Waals surface area contributed by atoms with Gasteiger partial charge < -0.3 is 5.73 Å². The minimum Gasteiger partial charge on any atom is -0.396 e. The molecule has 1 aromatic carbocycles. The number of nitrogen functional groups attached to an aromatic ring is 1. The molecule has 0 saturated heterocycles. The summed E-state index contributed by atoms with van der Waals surface area (Å²) in [6.45, 7) is 0. The van der Waals surface area contributed by atoms with E-state index < -0.39 is 12.0 Å². The Bertz CT molecular complexity index is 985. The third-order valence-corrected chi connectivity index (χ3v) is 4.19. The summed E-state index contributed by atoms with van der Waals surface area (Å²) < 4.78 is 28.5. The Hall–Kier alpha value is -2.95. The number of allylic oxidation sites excluding steroid dienone is 4. The molecule has 1 atom stereocenters. The van der Waals surface area contributed by atoms with Gasteiger partial charge in [0.05, 0.1) is 17.6 Å². The summed E-state index contributed by atoms with van der Waals surface area (Å²) in [7, 11) is 0. The molecule has 0 fully saturated rings. The third kappa shape index (κ3) is 2.48. The maximum atomic E-state index is 13.4. The molecular weight excluding hydrogens is 308 g/mol. The van der Waals surface area contributed by atoms with E-state index in [1.807, 2.05) is 28.8 Å². The molecule has 3 nitrogen and oxygen atoms in total. The summed E-state index contributed by atoms with van der Waals surface area (Å²) in [5.74, 6) is -0.433. The molecule has 0 saturated carbocycles. The highest BCUT2D eigenvalue weighted by atomic mass is 19.1. The molecule has 1 aliphatic rings. The Labute approximate surface area is 137 Å². The van der Waals surface area contributed by atoms with Gasteiger partial charge in [0.25, 0.3) is 0 Å². The molecule has 0 spiro atoms. The fourth-order valence-corrected chi connectivity index (χ4v) is 2.89. The van der Waals surface area contributed by atoms with E-state index >= 15 is 0 Å². The van der Waals surface area contributed by atoms with Crippen LogP contribution in [0.2, 0.25) is 0 Å². The molecule has 0 radical (unpaired) electrons. The molecule has 4 rings (SSSR count). The summed E-state index contributed by atoms with van der Waals surface area (Å²) in [4.78, 5) is 4.42. The standard InChI is InChI=1S/C19H15F2N3/c20-15-4-1-12(2-5-15)13-7-8-24-18(11-23-19(24)10-13)14-3-6-16(21)17(22)9-14/h1-4,6-11,15H,5,22H2. The zero-order valence-electron chi connectivity index (χ0n) is 12.8. The molecule has 24 heavy (non-hydrogen) atoms. The molecule has 5 heteroatoms. The topological polar surface area (TPSA) is 43.3 Å². The second-order valence-corrected chi connectivity index (χ2v) is 5.79. The van der Waals surface area contributed by atoms with Crippen LogP contribution in [0, 0.1) is 5.82 Å². The first-order chi connectivity index (χ1) is 11.6. The van der Waals surface area contributed by atoms with E-state index in [9.17, 15) is 8.78 Å². The molecule has 2 heterocycles. The van der Waals surface area contributed by atoms with Gasteiger partial charge in [-0.15, -0.1) is 0 Å². The van der Waals surface area contributed by atoms with Gasteiger partial charge in [-0.05, 0) is 47.5 Å². The van der Waals surface area contributed by atoms with Crippen LogP contribution in [-0.2, 0) is 0 Å². The number of nitrogens with zero attached hydrogens (tertiary/aromatic N) is 2. The Morgan fingerprint density at radius 3 is 2.79 bits per heavy atom. The van der Waals surface area contributed by atoms with Gasteiger partial charge in [-0.25, -0.2) is 13.8 Å². The van der Waals surface area contributed by atoms with E-state index in [4.69, 9.17) is 5.73 Å². The van der Waals surface area contributed by atoms with Crippen molar-refractivity contribution in [3.05, 3.63) is 72.3 Å². The van der Waals surface area contributed by atoms with Gasteiger partial charge >= 0.3 is 0 Å². The Morgan fingerprint density at radius 2 is 2.04 bits per heavy atom. The molecule has 1 aliphatic carbocycles. The monoisotopic (exact) mass is 323 g/mol. The summed E-state index contributed by atoms with van der Waals surface area (Å²) in [6.07, 6.45) is 8.38. The van der Waals surface area contributed by atoms with E-state index in [2.05, 4.69) is 4.98 Å². The zero-order chi connectivity index (χ0) is 16.7. The van der Waals surface area contributed by atoms with Crippen LogP contribution in [0.1, 0.15) is 12.0 Å². The summed E-state index contributed by atoms with van der Waals surface area (Å²) in [5.41, 5.74) is 10.1. The van der Waals surface area contributed by atoms with Crippen molar-refractivity contribution in [2.45, 2.75) is 12.6 Å². The van der Waals surface area contributed by atoms with E-state index in [1.54, 1.807) is 30.5 Å². The van der Waals surface area contributed by atoms with Gasteiger partial charge in [-0.2, -0.15) is 0 Å². The number of halogens is 2. The Kier molecular flexibility index (Phi) is 3.41. The van der Waals surface area contributed by atoms with Crippen LogP contribution in [0.5, 0.6) is 0 Å². The number of nitrogens with two attached hydrogens (primary N) is 1. The third-order valence-electron chi connectivity index (χ3n) is 4.19. The van der Waals surface area contributed by atoms with Gasteiger partial charge in [0.15, 0.2) is 0 Å². The van der Waals surface area contributed by atoms with Crippen molar-refractivity contribution < 1.29 is 8.78 Å². The molecule has 2 N–H and O–H groups in total. The number of aromatic nitrogens is 2. The highest BCUT2D eigenvalue weighted by molar-refractivity contribution is 5.77. The first-order valence-electron chi connectivity index (χ1n) is 7.67. The highest BCUT2D eigenvalue weighted by Crippen LogP contribution is 2.27. The van der Waals surface area contributed by atoms with E-state index in [0.717, 1.165) is 28.0 Å². The second kappa shape index (κ2) is 5.60. The van der Waals surface area contributed by atoms with Crippen molar-refractivity contribution in [2.24, 2.45) is 0 Å². The predicted molar refractivity (Wildman–Crippen MR) is 91.6 cm³/mol. The van der Waals surface area contributed by atoms with Gasteiger partial charge in [0.2, 0.25) is 0 Å². The van der Waals surface area contributed by atoms with Crippen molar-refractivity contribution in [1.82, 2.24) is 9.38 Å². The lowest BCUT2D eigenvalue weighted by Crippen LogP contribution is -1.99. The van der Waals surface area contributed by atoms with Crippen LogP contribution in [-0.4, -0.2) is 15.6 Å². The molecule has 120 valence electrons. The number of benzene rings is 1. The quantitative estimate of drug-likeness (QED) is 0.710. The first-order valence-corrected chi connectivity index (χ1v) is 7.67. The smallest absolute Gasteiger partial charge is 0.146 e. The van der Waals surface area contributed by atoms with E-state index in [-0.39, 0.29) is 5.69 Å². The van der Waals surface area contributed by atoms with Crippen LogP contribution in [0.25, 0.3) is 22.5 Å². The second-order valence-electron chi connectivity index (χ2n) is 5.79. The lowest BCUT2D eigenvalue weighted by molar-refractivity contribution is 0.402. The summed E-state index contributed by atoms with van der Waals surface area (Å²) in [6, 6.07) is 8.53. The lowest BCUT2D eigenvalue weighted by atomic mass is 10.00. The average molecular weight is 323 g/mol. The normalized spacial score (nSPS) is 17.2. The number of anilines is 1. The minimum atomic E-state index is -0.903. The SMILES string of the molecule is Nc1cc(-c2cnc3cc(C4=CCC(F)C=C4)ccn23)ccc1F. The molecular formula is C19H15F2N3. The van der Waals surface area contributed by atoms with Crippen molar-refractivity contribution in [2.75, 3.05) is 5.73 Å². The Balaban J connectivity index is 1.76. The lowest BCUT2D eigenvalue weighted by Gasteiger charge is -2.10. The van der Waals surface area contributed by atoms with Crippen LogP contribution >= 0.6 is 0 Å². The molecule has 1 unspecified atom stereocenters. The molecule has 0 bridgehead atoms. The van der Waals surface area contributed by atoms with Crippen LogP contribution in [0.15, 0.2) is 61.0 Å². The van der Waals surface area contributed by atoms with Gasteiger partial charge in [-0.1, -0.05) is 12.2 Å². The predicted octanol–water partition coefficient (Wildman–Crippen LogP) is 4.40. The largest absolute Gasteiger partial charge is 0.396 e. The van der Waals surface area contributed by atoms with Gasteiger partial charge in [0, 0.05) is 18.2 Å². The average Bonchev–Trinajstić information content (AvgIpc) is 3.01. The van der Waals surface area contributed by atoms with Gasteiger partial charge in [-0.3, -0.25) is 4.40 Å². The number of alkyl halides is 1. The Morgan fingerprint density at radius 1 is 1.17 bits per heavy atom. The van der Waals surface area contributed by atoms with Gasteiger partial charge in [0.1, 0.15) is 17.6 Å². The maximum Gasteiger partial charge on any atom is 0.146 e. The zero-order valence-corrected chi connectivity index (χ0v) is 12.8. The molecule has 0 aliphatic heterocycles. The van der Waals surface area contributed by atoms with Crippen molar-refractivity contribution in [3.8, 4) is 11.3 Å². The number of hydrogen-bond acceptors (Lipinski definition) is 2. The number of hydrogen-bond donors (Lipinski definition) is 1. The summed E-state index contributed by atoms with van der Waals surface area (Å²) >= 11 is 0. The van der Waals surface area contributed by atoms with Crippen molar-refractivity contribution in [1.29, 1.82) is 0 Å². The molecule has 0 amide bonds. The number of rotatable bonds is 2. The fourth-order valence-electron chi connectivity index (χ4n) is 2.89. The summed E-state index contributed by atoms with van der Waals surface area (Å²) in [5, 5.41) is 0. The van der Waals surface area contributed by atoms with Crippen LogP contribution < -0.4 is 5.73 Å². The fraction of sp³-hybridized carbons (Fsp3) is 0.105. The maximum absolute atomic E-state index is 13.4.